The number of hydrogen-bond acceptors (Lipinski definition) is 4. The van der Waals surface area contributed by atoms with Crippen molar-refractivity contribution in [2.24, 2.45) is 0 Å². The van der Waals surface area contributed by atoms with Crippen molar-refractivity contribution in [1.82, 2.24) is 4.98 Å². The monoisotopic (exact) mass is 405 g/mol. The van der Waals surface area contributed by atoms with Gasteiger partial charge in [-0.3, -0.25) is 0 Å². The van der Waals surface area contributed by atoms with Crippen molar-refractivity contribution in [1.29, 1.82) is 5.26 Å². The van der Waals surface area contributed by atoms with Gasteiger partial charge < -0.3 is 5.32 Å². The van der Waals surface area contributed by atoms with E-state index in [2.05, 4.69) is 16.4 Å². The van der Waals surface area contributed by atoms with Gasteiger partial charge >= 0.3 is 0 Å². The highest BCUT2D eigenvalue weighted by molar-refractivity contribution is 7.11. The summed E-state index contributed by atoms with van der Waals surface area (Å²) in [5, 5.41) is 16.6. The van der Waals surface area contributed by atoms with Crippen molar-refractivity contribution in [3.8, 4) is 17.3 Å². The number of rotatable bonds is 4. The molecule has 0 amide bonds. The number of halogens is 3. The van der Waals surface area contributed by atoms with Crippen LogP contribution < -0.4 is 5.32 Å². The fourth-order valence-electron chi connectivity index (χ4n) is 2.09. The summed E-state index contributed by atoms with van der Waals surface area (Å²) in [6.07, 6.45) is 1.59. The molecule has 0 aliphatic rings. The summed E-state index contributed by atoms with van der Waals surface area (Å²) in [5.74, 6) is 0. The molecule has 0 spiro atoms. The molecule has 2 aromatic carbocycles. The highest BCUT2D eigenvalue weighted by Crippen LogP contribution is 2.32. The van der Waals surface area contributed by atoms with E-state index < -0.39 is 0 Å². The van der Waals surface area contributed by atoms with Crippen molar-refractivity contribution in [3.63, 3.8) is 0 Å². The molecule has 3 rings (SSSR count). The van der Waals surface area contributed by atoms with E-state index in [1.807, 2.05) is 23.6 Å². The number of thiazole rings is 1. The van der Waals surface area contributed by atoms with E-state index in [9.17, 15) is 5.26 Å². The molecule has 0 aliphatic heterocycles. The summed E-state index contributed by atoms with van der Waals surface area (Å²) >= 11 is 19.6. The lowest BCUT2D eigenvalue weighted by Gasteiger charge is -2.03. The number of nitrogens with zero attached hydrogens (tertiary/aromatic N) is 2. The van der Waals surface area contributed by atoms with Crippen molar-refractivity contribution in [2.75, 3.05) is 5.32 Å². The topological polar surface area (TPSA) is 48.7 Å². The zero-order valence-electron chi connectivity index (χ0n) is 12.6. The third kappa shape index (κ3) is 4.15. The quantitative estimate of drug-likeness (QED) is 0.488. The van der Waals surface area contributed by atoms with E-state index in [1.165, 1.54) is 11.3 Å². The molecule has 0 fully saturated rings. The number of allylic oxidation sites excluding steroid dienone is 1. The average Bonchev–Trinajstić information content (AvgIpc) is 3.06. The Morgan fingerprint density at radius 2 is 1.92 bits per heavy atom. The van der Waals surface area contributed by atoms with Gasteiger partial charge in [0, 0.05) is 22.2 Å². The second kappa shape index (κ2) is 7.90. The highest BCUT2D eigenvalue weighted by Gasteiger charge is 2.12. The lowest BCUT2D eigenvalue weighted by atomic mass is 10.2. The summed E-state index contributed by atoms with van der Waals surface area (Å²) < 4.78 is 0. The maximum absolute atomic E-state index is 9.43. The minimum absolute atomic E-state index is 0.404. The van der Waals surface area contributed by atoms with E-state index in [-0.39, 0.29) is 0 Å². The smallest absolute Gasteiger partial charge is 0.136 e. The molecular weight excluding hydrogens is 397 g/mol. The van der Waals surface area contributed by atoms with Gasteiger partial charge in [0.25, 0.3) is 0 Å². The Morgan fingerprint density at radius 1 is 1.12 bits per heavy atom. The number of anilines is 1. The van der Waals surface area contributed by atoms with Gasteiger partial charge in [-0.15, -0.1) is 11.3 Å². The third-order valence-electron chi connectivity index (χ3n) is 3.31. The molecule has 0 bridgehead atoms. The molecule has 7 heteroatoms. The van der Waals surface area contributed by atoms with Crippen molar-refractivity contribution in [3.05, 3.63) is 74.1 Å². The average molecular weight is 407 g/mol. The summed E-state index contributed by atoms with van der Waals surface area (Å²) in [6, 6.07) is 14.7. The number of nitriles is 1. The van der Waals surface area contributed by atoms with Crippen LogP contribution in [0.1, 0.15) is 5.01 Å². The number of benzene rings is 2. The molecule has 0 saturated heterocycles. The zero-order chi connectivity index (χ0) is 17.8. The molecule has 1 aromatic heterocycles. The first-order chi connectivity index (χ1) is 12.1. The molecular formula is C18H10Cl3N3S. The lowest BCUT2D eigenvalue weighted by Crippen LogP contribution is -1.91. The number of para-hydroxylation sites is 1. The van der Waals surface area contributed by atoms with Crippen LogP contribution in [0, 0.1) is 11.3 Å². The van der Waals surface area contributed by atoms with Crippen molar-refractivity contribution < 1.29 is 0 Å². The molecule has 0 aliphatic carbocycles. The van der Waals surface area contributed by atoms with Crippen molar-refractivity contribution in [2.45, 2.75) is 0 Å². The van der Waals surface area contributed by atoms with Crippen LogP contribution in [0.2, 0.25) is 15.1 Å². The first kappa shape index (κ1) is 17.8. The van der Waals surface area contributed by atoms with Crippen LogP contribution in [0.3, 0.4) is 0 Å². The molecule has 124 valence electrons. The summed E-state index contributed by atoms with van der Waals surface area (Å²) in [7, 11) is 0. The van der Waals surface area contributed by atoms with Gasteiger partial charge in [0.1, 0.15) is 16.6 Å². The van der Waals surface area contributed by atoms with Gasteiger partial charge in [0.2, 0.25) is 0 Å². The Morgan fingerprint density at radius 3 is 2.64 bits per heavy atom. The highest BCUT2D eigenvalue weighted by atomic mass is 35.5. The standard InChI is InChI=1S/C18H10Cl3N3S/c19-12-5-6-13(15(21)7-12)17-10-25-18(24-17)11(8-22)9-23-16-4-2-1-3-14(16)20/h1-7,9-10,23H/b11-9+. The lowest BCUT2D eigenvalue weighted by molar-refractivity contribution is 1.36. The van der Waals surface area contributed by atoms with Crippen LogP contribution in [-0.2, 0) is 0 Å². The Hall–Kier alpha value is -2.03. The zero-order valence-corrected chi connectivity index (χ0v) is 15.7. The number of aromatic nitrogens is 1. The van der Waals surface area contributed by atoms with E-state index >= 15 is 0 Å². The Kier molecular flexibility index (Phi) is 5.62. The minimum atomic E-state index is 0.404. The van der Waals surface area contributed by atoms with E-state index in [0.29, 0.717) is 31.3 Å². The maximum atomic E-state index is 9.43. The Labute approximate surface area is 164 Å². The Bertz CT molecular complexity index is 989. The minimum Gasteiger partial charge on any atom is -0.359 e. The molecule has 0 atom stereocenters. The molecule has 3 nitrogen and oxygen atoms in total. The van der Waals surface area contributed by atoms with Crippen LogP contribution in [-0.4, -0.2) is 4.98 Å². The van der Waals surface area contributed by atoms with Crippen LogP contribution in [0.25, 0.3) is 16.8 Å². The van der Waals surface area contributed by atoms with E-state index in [0.717, 1.165) is 11.3 Å². The molecule has 3 aromatic rings. The van der Waals surface area contributed by atoms with Gasteiger partial charge in [-0.05, 0) is 30.3 Å². The predicted molar refractivity (Wildman–Crippen MR) is 106 cm³/mol. The van der Waals surface area contributed by atoms with E-state index in [4.69, 9.17) is 34.8 Å². The molecule has 0 saturated carbocycles. The van der Waals surface area contributed by atoms with Gasteiger partial charge in [0.15, 0.2) is 0 Å². The fourth-order valence-corrected chi connectivity index (χ4v) is 3.57. The fraction of sp³-hybridized carbons (Fsp3) is 0. The molecule has 1 heterocycles. The van der Waals surface area contributed by atoms with Gasteiger partial charge in [-0.2, -0.15) is 5.26 Å². The second-order valence-corrected chi connectivity index (χ2v) is 7.07. The molecule has 0 radical (unpaired) electrons. The first-order valence-corrected chi connectivity index (χ1v) is 9.12. The normalized spacial score (nSPS) is 11.2. The number of hydrogen-bond donors (Lipinski definition) is 1. The van der Waals surface area contributed by atoms with Gasteiger partial charge in [0.05, 0.1) is 21.4 Å². The van der Waals surface area contributed by atoms with Crippen LogP contribution in [0.5, 0.6) is 0 Å². The summed E-state index contributed by atoms with van der Waals surface area (Å²) in [6.45, 7) is 0. The van der Waals surface area contributed by atoms with Crippen LogP contribution >= 0.6 is 46.1 Å². The second-order valence-electron chi connectivity index (χ2n) is 4.96. The van der Waals surface area contributed by atoms with E-state index in [1.54, 1.807) is 30.5 Å². The molecule has 25 heavy (non-hydrogen) atoms. The van der Waals surface area contributed by atoms with Crippen molar-refractivity contribution >= 4 is 57.4 Å². The van der Waals surface area contributed by atoms with Gasteiger partial charge in [-0.25, -0.2) is 4.98 Å². The molecule has 1 N–H and O–H groups in total. The predicted octanol–water partition coefficient (Wildman–Crippen LogP) is 6.75. The Balaban J connectivity index is 1.88. The number of nitrogens with one attached hydrogen (secondary N) is 1. The maximum Gasteiger partial charge on any atom is 0.136 e. The summed E-state index contributed by atoms with van der Waals surface area (Å²) in [4.78, 5) is 4.50. The largest absolute Gasteiger partial charge is 0.359 e. The first-order valence-electron chi connectivity index (χ1n) is 7.11. The summed E-state index contributed by atoms with van der Waals surface area (Å²) in [5.41, 5.74) is 2.58. The van der Waals surface area contributed by atoms with Gasteiger partial charge in [-0.1, -0.05) is 46.9 Å². The van der Waals surface area contributed by atoms with Crippen LogP contribution in [0.4, 0.5) is 5.69 Å². The SMILES string of the molecule is N#C/C(=C\Nc1ccccc1Cl)c1nc(-c2ccc(Cl)cc2Cl)cs1. The third-order valence-corrected chi connectivity index (χ3v) is 5.06. The van der Waals surface area contributed by atoms with Crippen LogP contribution in [0.15, 0.2) is 54.0 Å². The molecule has 0 unspecified atom stereocenters.